The predicted molar refractivity (Wildman–Crippen MR) is 114 cm³/mol. The number of Topliss-reactive ketones (excluding diaryl/α,β-unsaturated/α-hetero) is 1. The van der Waals surface area contributed by atoms with E-state index in [9.17, 15) is 14.7 Å². The molecule has 1 amide bonds. The van der Waals surface area contributed by atoms with Gasteiger partial charge in [-0.15, -0.1) is 0 Å². The molecular formula is C25H21NO3. The number of aliphatic hydroxyl groups excluding tert-OH is 1. The number of aryl methyl sites for hydroxylation is 2. The number of aliphatic hydroxyl groups is 1. The molecule has 0 saturated carbocycles. The molecule has 0 bridgehead atoms. The highest BCUT2D eigenvalue weighted by Gasteiger charge is 2.47. The van der Waals surface area contributed by atoms with Crippen molar-refractivity contribution in [2.45, 2.75) is 19.9 Å². The Morgan fingerprint density at radius 3 is 2.10 bits per heavy atom. The second-order valence-electron chi connectivity index (χ2n) is 7.23. The van der Waals surface area contributed by atoms with E-state index in [4.69, 9.17) is 0 Å². The van der Waals surface area contributed by atoms with Crippen LogP contribution in [0, 0.1) is 13.8 Å². The lowest BCUT2D eigenvalue weighted by molar-refractivity contribution is -0.132. The van der Waals surface area contributed by atoms with Crippen molar-refractivity contribution >= 4 is 23.1 Å². The molecule has 4 rings (SSSR count). The zero-order valence-corrected chi connectivity index (χ0v) is 16.3. The van der Waals surface area contributed by atoms with Gasteiger partial charge in [0.25, 0.3) is 11.7 Å². The zero-order chi connectivity index (χ0) is 20.5. The molecule has 1 fully saturated rings. The second-order valence-corrected chi connectivity index (χ2v) is 7.23. The van der Waals surface area contributed by atoms with Crippen LogP contribution >= 0.6 is 0 Å². The van der Waals surface area contributed by atoms with Gasteiger partial charge in [0.1, 0.15) is 5.76 Å². The van der Waals surface area contributed by atoms with Crippen molar-refractivity contribution < 1.29 is 14.7 Å². The van der Waals surface area contributed by atoms with Crippen LogP contribution in [0.1, 0.15) is 28.3 Å². The molecule has 0 aromatic heterocycles. The highest BCUT2D eigenvalue weighted by Crippen LogP contribution is 2.42. The average molecular weight is 383 g/mol. The standard InChI is InChI=1S/C25H21NO3/c1-16-12-14-18(15-13-16)23(27)21-22(20-11-7-6-8-17(20)2)26(25(29)24(21)28)19-9-4-3-5-10-19/h3-15,22,27H,1-2H3/b23-21-. The Kier molecular flexibility index (Phi) is 4.77. The number of amides is 1. The number of benzene rings is 3. The van der Waals surface area contributed by atoms with Gasteiger partial charge in [-0.2, -0.15) is 0 Å². The van der Waals surface area contributed by atoms with Crippen LogP contribution in [0.4, 0.5) is 5.69 Å². The fraction of sp³-hybridized carbons (Fsp3) is 0.120. The van der Waals surface area contributed by atoms with Gasteiger partial charge in [-0.3, -0.25) is 14.5 Å². The Bertz CT molecular complexity index is 1110. The Morgan fingerprint density at radius 1 is 0.828 bits per heavy atom. The Hall–Kier alpha value is -3.66. The van der Waals surface area contributed by atoms with Gasteiger partial charge in [-0.25, -0.2) is 0 Å². The van der Waals surface area contributed by atoms with Crippen LogP contribution in [-0.2, 0) is 9.59 Å². The molecule has 1 N–H and O–H groups in total. The summed E-state index contributed by atoms with van der Waals surface area (Å²) >= 11 is 0. The summed E-state index contributed by atoms with van der Waals surface area (Å²) in [5, 5.41) is 11.1. The quantitative estimate of drug-likeness (QED) is 0.396. The summed E-state index contributed by atoms with van der Waals surface area (Å²) in [7, 11) is 0. The van der Waals surface area contributed by atoms with Crippen LogP contribution < -0.4 is 4.90 Å². The van der Waals surface area contributed by atoms with Gasteiger partial charge in [0, 0.05) is 11.3 Å². The largest absolute Gasteiger partial charge is 0.507 e. The highest BCUT2D eigenvalue weighted by atomic mass is 16.3. The summed E-state index contributed by atoms with van der Waals surface area (Å²) in [4.78, 5) is 27.6. The van der Waals surface area contributed by atoms with Crippen LogP contribution in [0.25, 0.3) is 5.76 Å². The molecule has 1 aliphatic heterocycles. The van der Waals surface area contributed by atoms with Gasteiger partial charge in [-0.05, 0) is 37.1 Å². The molecule has 1 aliphatic rings. The third-order valence-corrected chi connectivity index (χ3v) is 5.29. The van der Waals surface area contributed by atoms with Gasteiger partial charge < -0.3 is 5.11 Å². The summed E-state index contributed by atoms with van der Waals surface area (Å²) in [5.41, 5.74) is 4.03. The summed E-state index contributed by atoms with van der Waals surface area (Å²) in [6, 6.07) is 23.3. The van der Waals surface area contributed by atoms with Crippen LogP contribution in [0.5, 0.6) is 0 Å². The number of para-hydroxylation sites is 1. The number of hydrogen-bond donors (Lipinski definition) is 1. The lowest BCUT2D eigenvalue weighted by Crippen LogP contribution is -2.29. The van der Waals surface area contributed by atoms with Crippen LogP contribution in [0.15, 0.2) is 84.4 Å². The first-order chi connectivity index (χ1) is 14.0. The van der Waals surface area contributed by atoms with Gasteiger partial charge in [0.15, 0.2) is 0 Å². The van der Waals surface area contributed by atoms with Crippen molar-refractivity contribution in [2.75, 3.05) is 4.90 Å². The number of carbonyl (C=O) groups is 2. The van der Waals surface area contributed by atoms with Crippen molar-refractivity contribution in [3.05, 3.63) is 107 Å². The summed E-state index contributed by atoms with van der Waals surface area (Å²) in [5.74, 6) is -1.48. The number of nitrogens with zero attached hydrogens (tertiary/aromatic N) is 1. The molecule has 29 heavy (non-hydrogen) atoms. The third kappa shape index (κ3) is 3.23. The Morgan fingerprint density at radius 2 is 1.45 bits per heavy atom. The molecule has 1 unspecified atom stereocenters. The average Bonchev–Trinajstić information content (AvgIpc) is 3.00. The number of rotatable bonds is 3. The maximum absolute atomic E-state index is 13.1. The maximum Gasteiger partial charge on any atom is 0.300 e. The van der Waals surface area contributed by atoms with E-state index < -0.39 is 17.7 Å². The Labute approximate surface area is 169 Å². The van der Waals surface area contributed by atoms with Gasteiger partial charge in [0.2, 0.25) is 0 Å². The van der Waals surface area contributed by atoms with Gasteiger partial charge in [0.05, 0.1) is 11.6 Å². The zero-order valence-electron chi connectivity index (χ0n) is 16.3. The molecule has 4 heteroatoms. The number of hydrogen-bond acceptors (Lipinski definition) is 3. The van der Waals surface area contributed by atoms with Crippen molar-refractivity contribution in [3.8, 4) is 0 Å². The number of anilines is 1. The van der Waals surface area contributed by atoms with E-state index in [1.165, 1.54) is 4.90 Å². The molecule has 0 aliphatic carbocycles. The number of carbonyl (C=O) groups excluding carboxylic acids is 2. The minimum atomic E-state index is -0.695. The Balaban J connectivity index is 1.97. The van der Waals surface area contributed by atoms with Crippen LogP contribution in [0.2, 0.25) is 0 Å². The van der Waals surface area contributed by atoms with Gasteiger partial charge >= 0.3 is 0 Å². The summed E-state index contributed by atoms with van der Waals surface area (Å²) in [6.45, 7) is 3.89. The van der Waals surface area contributed by atoms with Crippen LogP contribution in [-0.4, -0.2) is 16.8 Å². The molecule has 4 nitrogen and oxygen atoms in total. The van der Waals surface area contributed by atoms with E-state index in [-0.39, 0.29) is 11.3 Å². The topological polar surface area (TPSA) is 57.6 Å². The van der Waals surface area contributed by atoms with E-state index in [1.807, 2.05) is 68.4 Å². The minimum absolute atomic E-state index is 0.108. The fourth-order valence-corrected chi connectivity index (χ4v) is 3.74. The van der Waals surface area contributed by atoms with E-state index >= 15 is 0 Å². The van der Waals surface area contributed by atoms with Crippen LogP contribution in [0.3, 0.4) is 0 Å². The SMILES string of the molecule is Cc1ccc(/C(O)=C2/C(=O)C(=O)N(c3ccccc3)C2c2ccccc2C)cc1. The van der Waals surface area contributed by atoms with E-state index in [0.29, 0.717) is 11.3 Å². The number of ketones is 1. The third-order valence-electron chi connectivity index (χ3n) is 5.29. The second kappa shape index (κ2) is 7.40. The predicted octanol–water partition coefficient (Wildman–Crippen LogP) is 4.93. The molecular weight excluding hydrogens is 362 g/mol. The molecule has 3 aromatic rings. The lowest BCUT2D eigenvalue weighted by atomic mass is 9.92. The molecule has 1 atom stereocenters. The minimum Gasteiger partial charge on any atom is -0.507 e. The molecule has 144 valence electrons. The van der Waals surface area contributed by atoms with E-state index in [0.717, 1.165) is 16.7 Å². The monoisotopic (exact) mass is 383 g/mol. The molecule has 1 heterocycles. The highest BCUT2D eigenvalue weighted by molar-refractivity contribution is 6.51. The maximum atomic E-state index is 13.1. The molecule has 3 aromatic carbocycles. The molecule has 1 saturated heterocycles. The lowest BCUT2D eigenvalue weighted by Gasteiger charge is -2.26. The first kappa shape index (κ1) is 18.7. The van der Waals surface area contributed by atoms with E-state index in [2.05, 4.69) is 0 Å². The summed E-state index contributed by atoms with van der Waals surface area (Å²) in [6.07, 6.45) is 0. The fourth-order valence-electron chi connectivity index (χ4n) is 3.74. The summed E-state index contributed by atoms with van der Waals surface area (Å²) < 4.78 is 0. The normalized spacial score (nSPS) is 18.3. The van der Waals surface area contributed by atoms with E-state index in [1.54, 1.807) is 24.3 Å². The van der Waals surface area contributed by atoms with Crippen molar-refractivity contribution in [1.82, 2.24) is 0 Å². The van der Waals surface area contributed by atoms with Crippen molar-refractivity contribution in [3.63, 3.8) is 0 Å². The van der Waals surface area contributed by atoms with Gasteiger partial charge in [-0.1, -0.05) is 72.3 Å². The van der Waals surface area contributed by atoms with Crippen molar-refractivity contribution in [1.29, 1.82) is 0 Å². The molecule has 0 spiro atoms. The first-order valence-electron chi connectivity index (χ1n) is 9.47. The van der Waals surface area contributed by atoms with Crippen molar-refractivity contribution in [2.24, 2.45) is 0 Å². The smallest absolute Gasteiger partial charge is 0.300 e. The molecule has 0 radical (unpaired) electrons. The first-order valence-corrected chi connectivity index (χ1v) is 9.47.